The Labute approximate surface area is 139 Å². The molecule has 0 aliphatic heterocycles. The molecule has 2 rings (SSSR count). The molecule has 0 saturated heterocycles. The summed E-state index contributed by atoms with van der Waals surface area (Å²) < 4.78 is 5.08. The molecule has 0 heterocycles. The van der Waals surface area contributed by atoms with Crippen LogP contribution in [0.2, 0.25) is 10.0 Å². The molecule has 5 heteroatoms. The van der Waals surface area contributed by atoms with Crippen molar-refractivity contribution in [1.82, 2.24) is 5.32 Å². The molecule has 2 aromatic rings. The minimum Gasteiger partial charge on any atom is -0.497 e. The SMILES string of the molecule is COc1ccc(/C=C/C(=O)NCc2ccc(Cl)c(Cl)c2)cc1. The van der Waals surface area contributed by atoms with Gasteiger partial charge in [0.15, 0.2) is 0 Å². The summed E-state index contributed by atoms with van der Waals surface area (Å²) in [4.78, 5) is 11.8. The summed E-state index contributed by atoms with van der Waals surface area (Å²) in [6.07, 6.45) is 3.23. The molecule has 0 spiro atoms. The van der Waals surface area contributed by atoms with E-state index in [9.17, 15) is 4.79 Å². The molecule has 0 saturated carbocycles. The molecule has 114 valence electrons. The predicted molar refractivity (Wildman–Crippen MR) is 90.3 cm³/mol. The number of amides is 1. The number of hydrogen-bond donors (Lipinski definition) is 1. The molecule has 0 unspecified atom stereocenters. The Hall–Kier alpha value is -1.97. The zero-order valence-corrected chi connectivity index (χ0v) is 13.5. The fourth-order valence-electron chi connectivity index (χ4n) is 1.78. The Balaban J connectivity index is 1.88. The van der Waals surface area contributed by atoms with Gasteiger partial charge in [0.1, 0.15) is 5.75 Å². The largest absolute Gasteiger partial charge is 0.497 e. The predicted octanol–water partition coefficient (Wildman–Crippen LogP) is 4.33. The van der Waals surface area contributed by atoms with Crippen molar-refractivity contribution in [3.63, 3.8) is 0 Å². The summed E-state index contributed by atoms with van der Waals surface area (Å²) in [5, 5.41) is 3.76. The first kappa shape index (κ1) is 16.4. The molecule has 1 amide bonds. The van der Waals surface area contributed by atoms with Crippen LogP contribution in [0.4, 0.5) is 0 Å². The minimum absolute atomic E-state index is 0.179. The Morgan fingerprint density at radius 2 is 1.86 bits per heavy atom. The first-order valence-corrected chi connectivity index (χ1v) is 7.38. The number of methoxy groups -OCH3 is 1. The molecule has 0 aliphatic carbocycles. The average molecular weight is 336 g/mol. The lowest BCUT2D eigenvalue weighted by Crippen LogP contribution is -2.20. The smallest absolute Gasteiger partial charge is 0.244 e. The Morgan fingerprint density at radius 1 is 1.14 bits per heavy atom. The van der Waals surface area contributed by atoms with Crippen LogP contribution in [-0.2, 0) is 11.3 Å². The van der Waals surface area contributed by atoms with Gasteiger partial charge in [-0.25, -0.2) is 0 Å². The van der Waals surface area contributed by atoms with Gasteiger partial charge in [-0.05, 0) is 41.5 Å². The van der Waals surface area contributed by atoms with Crippen molar-refractivity contribution in [3.05, 3.63) is 69.7 Å². The van der Waals surface area contributed by atoms with E-state index in [0.717, 1.165) is 16.9 Å². The molecule has 2 aromatic carbocycles. The zero-order chi connectivity index (χ0) is 15.9. The first-order valence-electron chi connectivity index (χ1n) is 6.62. The third-order valence-electron chi connectivity index (χ3n) is 2.99. The number of carbonyl (C=O) groups is 1. The molecule has 0 fully saturated rings. The normalized spacial score (nSPS) is 10.7. The number of benzene rings is 2. The second-order valence-corrected chi connectivity index (χ2v) is 5.39. The van der Waals surface area contributed by atoms with Gasteiger partial charge in [0.25, 0.3) is 0 Å². The number of rotatable bonds is 5. The number of hydrogen-bond acceptors (Lipinski definition) is 2. The van der Waals surface area contributed by atoms with Crippen LogP contribution in [0.25, 0.3) is 6.08 Å². The van der Waals surface area contributed by atoms with Crippen LogP contribution < -0.4 is 10.1 Å². The molecule has 0 aromatic heterocycles. The maximum atomic E-state index is 11.8. The first-order chi connectivity index (χ1) is 10.6. The van der Waals surface area contributed by atoms with Gasteiger partial charge >= 0.3 is 0 Å². The maximum absolute atomic E-state index is 11.8. The van der Waals surface area contributed by atoms with Crippen molar-refractivity contribution in [2.24, 2.45) is 0 Å². The highest BCUT2D eigenvalue weighted by Crippen LogP contribution is 2.22. The molecule has 22 heavy (non-hydrogen) atoms. The van der Waals surface area contributed by atoms with Gasteiger partial charge in [0.05, 0.1) is 17.2 Å². The highest BCUT2D eigenvalue weighted by atomic mass is 35.5. The van der Waals surface area contributed by atoms with E-state index < -0.39 is 0 Å². The van der Waals surface area contributed by atoms with E-state index in [4.69, 9.17) is 27.9 Å². The third kappa shape index (κ3) is 4.79. The van der Waals surface area contributed by atoms with Gasteiger partial charge in [0.2, 0.25) is 5.91 Å². The van der Waals surface area contributed by atoms with Crippen LogP contribution in [0.15, 0.2) is 48.5 Å². The Morgan fingerprint density at radius 3 is 2.50 bits per heavy atom. The number of nitrogens with one attached hydrogen (secondary N) is 1. The van der Waals surface area contributed by atoms with Gasteiger partial charge in [-0.1, -0.05) is 41.4 Å². The lowest BCUT2D eigenvalue weighted by atomic mass is 10.2. The fraction of sp³-hybridized carbons (Fsp3) is 0.118. The lowest BCUT2D eigenvalue weighted by molar-refractivity contribution is -0.116. The molecule has 1 N–H and O–H groups in total. The fourth-order valence-corrected chi connectivity index (χ4v) is 2.11. The van der Waals surface area contributed by atoms with Crippen LogP contribution in [0, 0.1) is 0 Å². The van der Waals surface area contributed by atoms with Crippen molar-refractivity contribution in [1.29, 1.82) is 0 Å². The summed E-state index contributed by atoms with van der Waals surface area (Å²) in [6.45, 7) is 0.392. The second-order valence-electron chi connectivity index (χ2n) is 4.57. The minimum atomic E-state index is -0.179. The highest BCUT2D eigenvalue weighted by Gasteiger charge is 2.01. The molecule has 0 atom stereocenters. The standard InChI is InChI=1S/C17H15Cl2NO2/c1-22-14-6-2-12(3-7-14)5-9-17(21)20-11-13-4-8-15(18)16(19)10-13/h2-10H,11H2,1H3,(H,20,21)/b9-5+. The molecule has 0 bridgehead atoms. The van der Waals surface area contributed by atoms with Crippen molar-refractivity contribution in [2.45, 2.75) is 6.54 Å². The summed E-state index contributed by atoms with van der Waals surface area (Å²) >= 11 is 11.8. The van der Waals surface area contributed by atoms with Gasteiger partial charge in [-0.2, -0.15) is 0 Å². The van der Waals surface area contributed by atoms with E-state index >= 15 is 0 Å². The summed E-state index contributed by atoms with van der Waals surface area (Å²) in [5.74, 6) is 0.600. The zero-order valence-electron chi connectivity index (χ0n) is 12.0. The number of ether oxygens (including phenoxy) is 1. The maximum Gasteiger partial charge on any atom is 0.244 e. The Kier molecular flexibility index (Phi) is 5.87. The summed E-state index contributed by atoms with van der Waals surface area (Å²) in [6, 6.07) is 12.7. The van der Waals surface area contributed by atoms with E-state index in [1.807, 2.05) is 30.3 Å². The topological polar surface area (TPSA) is 38.3 Å². The molecular formula is C17H15Cl2NO2. The molecule has 0 aliphatic rings. The number of halogens is 2. The van der Waals surface area contributed by atoms with Crippen molar-refractivity contribution in [2.75, 3.05) is 7.11 Å². The summed E-state index contributed by atoms with van der Waals surface area (Å²) in [5.41, 5.74) is 1.81. The molecule has 3 nitrogen and oxygen atoms in total. The van der Waals surface area contributed by atoms with E-state index in [-0.39, 0.29) is 5.91 Å². The van der Waals surface area contributed by atoms with Gasteiger partial charge in [-0.15, -0.1) is 0 Å². The quantitative estimate of drug-likeness (QED) is 0.826. The lowest BCUT2D eigenvalue weighted by Gasteiger charge is -2.04. The average Bonchev–Trinajstić information content (AvgIpc) is 2.54. The number of carbonyl (C=O) groups excluding carboxylic acids is 1. The van der Waals surface area contributed by atoms with Gasteiger partial charge < -0.3 is 10.1 Å². The van der Waals surface area contributed by atoms with Crippen LogP contribution in [0.1, 0.15) is 11.1 Å². The van der Waals surface area contributed by atoms with Crippen LogP contribution in [0.3, 0.4) is 0 Å². The van der Waals surface area contributed by atoms with Crippen molar-refractivity contribution < 1.29 is 9.53 Å². The highest BCUT2D eigenvalue weighted by molar-refractivity contribution is 6.42. The van der Waals surface area contributed by atoms with E-state index in [1.165, 1.54) is 6.08 Å². The van der Waals surface area contributed by atoms with Gasteiger partial charge in [0, 0.05) is 12.6 Å². The van der Waals surface area contributed by atoms with Gasteiger partial charge in [-0.3, -0.25) is 4.79 Å². The third-order valence-corrected chi connectivity index (χ3v) is 3.73. The van der Waals surface area contributed by atoms with Crippen molar-refractivity contribution >= 4 is 35.2 Å². The van der Waals surface area contributed by atoms with Crippen LogP contribution in [-0.4, -0.2) is 13.0 Å². The molecule has 0 radical (unpaired) electrons. The van der Waals surface area contributed by atoms with Crippen LogP contribution in [0.5, 0.6) is 5.75 Å². The van der Waals surface area contributed by atoms with E-state index in [2.05, 4.69) is 5.32 Å². The van der Waals surface area contributed by atoms with Crippen molar-refractivity contribution in [3.8, 4) is 5.75 Å². The Bertz CT molecular complexity index is 682. The van der Waals surface area contributed by atoms with E-state index in [1.54, 1.807) is 25.3 Å². The monoisotopic (exact) mass is 335 g/mol. The van der Waals surface area contributed by atoms with Crippen LogP contribution >= 0.6 is 23.2 Å². The summed E-state index contributed by atoms with van der Waals surface area (Å²) in [7, 11) is 1.61. The molecular weight excluding hydrogens is 321 g/mol. The second kappa shape index (κ2) is 7.87. The van der Waals surface area contributed by atoms with E-state index in [0.29, 0.717) is 16.6 Å².